The lowest BCUT2D eigenvalue weighted by Gasteiger charge is -2.19. The van der Waals surface area contributed by atoms with Crippen molar-refractivity contribution in [2.45, 2.75) is 17.9 Å². The first-order valence-corrected chi connectivity index (χ1v) is 7.05. The predicted octanol–water partition coefficient (Wildman–Crippen LogP) is 1.99. The Morgan fingerprint density at radius 1 is 1.41 bits per heavy atom. The summed E-state index contributed by atoms with van der Waals surface area (Å²) in [7, 11) is -2.36. The van der Waals surface area contributed by atoms with Gasteiger partial charge in [0.05, 0.1) is 16.1 Å². The molecule has 4 nitrogen and oxygen atoms in total. The molecule has 1 aromatic rings. The first-order chi connectivity index (χ1) is 7.76. The molecular formula is C10H13Cl2NO3S. The van der Waals surface area contributed by atoms with Gasteiger partial charge in [-0.15, -0.1) is 0 Å². The van der Waals surface area contributed by atoms with Crippen LogP contribution in [0.4, 0.5) is 0 Å². The van der Waals surface area contributed by atoms with Crippen LogP contribution in [0.25, 0.3) is 0 Å². The average molecular weight is 298 g/mol. The zero-order chi connectivity index (χ0) is 13.2. The second-order valence-electron chi connectivity index (χ2n) is 3.69. The fraction of sp³-hybridized carbons (Fsp3) is 0.400. The van der Waals surface area contributed by atoms with Crippen molar-refractivity contribution in [1.29, 1.82) is 0 Å². The number of hydrogen-bond acceptors (Lipinski definition) is 3. The monoisotopic (exact) mass is 297 g/mol. The smallest absolute Gasteiger partial charge is 0.244 e. The van der Waals surface area contributed by atoms with Gasteiger partial charge in [0, 0.05) is 13.6 Å². The van der Waals surface area contributed by atoms with Crippen molar-refractivity contribution >= 4 is 33.2 Å². The number of halogens is 2. The van der Waals surface area contributed by atoms with Crippen molar-refractivity contribution < 1.29 is 13.5 Å². The zero-order valence-electron chi connectivity index (χ0n) is 9.39. The second kappa shape index (κ2) is 5.54. The average Bonchev–Trinajstić information content (AvgIpc) is 2.20. The highest BCUT2D eigenvalue weighted by atomic mass is 35.5. The maximum absolute atomic E-state index is 12.1. The van der Waals surface area contributed by atoms with E-state index in [0.717, 1.165) is 4.31 Å². The van der Waals surface area contributed by atoms with Crippen molar-refractivity contribution in [3.63, 3.8) is 0 Å². The number of hydrogen-bond donors (Lipinski definition) is 1. The number of benzene rings is 1. The Balaban J connectivity index is 3.18. The largest absolute Gasteiger partial charge is 0.392 e. The van der Waals surface area contributed by atoms with Gasteiger partial charge in [-0.2, -0.15) is 4.31 Å². The Hall–Kier alpha value is -0.330. The van der Waals surface area contributed by atoms with Crippen LogP contribution in [-0.2, 0) is 10.0 Å². The van der Waals surface area contributed by atoms with Gasteiger partial charge in [-0.3, -0.25) is 0 Å². The van der Waals surface area contributed by atoms with Crippen LogP contribution in [0.1, 0.15) is 6.92 Å². The minimum absolute atomic E-state index is 0.00777. The van der Waals surface area contributed by atoms with E-state index in [1.54, 1.807) is 0 Å². The maximum Gasteiger partial charge on any atom is 0.244 e. The third kappa shape index (κ3) is 3.33. The van der Waals surface area contributed by atoms with Crippen molar-refractivity contribution in [2.24, 2.45) is 0 Å². The molecule has 0 fully saturated rings. The minimum atomic E-state index is -3.73. The molecule has 1 unspecified atom stereocenters. The van der Waals surface area contributed by atoms with E-state index in [-0.39, 0.29) is 21.5 Å². The van der Waals surface area contributed by atoms with Crippen molar-refractivity contribution in [3.05, 3.63) is 28.2 Å². The summed E-state index contributed by atoms with van der Waals surface area (Å²) in [5.74, 6) is 0. The molecule has 96 valence electrons. The minimum Gasteiger partial charge on any atom is -0.392 e. The van der Waals surface area contributed by atoms with Crippen molar-refractivity contribution in [3.8, 4) is 0 Å². The van der Waals surface area contributed by atoms with E-state index in [9.17, 15) is 13.5 Å². The van der Waals surface area contributed by atoms with Gasteiger partial charge in [0.25, 0.3) is 0 Å². The molecule has 0 aliphatic carbocycles. The summed E-state index contributed by atoms with van der Waals surface area (Å²) in [4.78, 5) is -0.0604. The summed E-state index contributed by atoms with van der Waals surface area (Å²) in [6, 6.07) is 4.40. The second-order valence-corrected chi connectivity index (χ2v) is 6.48. The number of aliphatic hydroxyl groups is 1. The van der Waals surface area contributed by atoms with Crippen LogP contribution >= 0.6 is 23.2 Å². The molecule has 17 heavy (non-hydrogen) atoms. The van der Waals surface area contributed by atoms with Gasteiger partial charge in [0.15, 0.2) is 0 Å². The number of nitrogens with zero attached hydrogens (tertiary/aromatic N) is 1. The standard InChI is InChI=1S/C10H13Cl2NO3S/c1-7(14)6-13(2)17(15,16)9-5-3-4-8(11)10(9)12/h3-5,7,14H,6H2,1-2H3. The summed E-state index contributed by atoms with van der Waals surface area (Å²) in [6.45, 7) is 1.50. The van der Waals surface area contributed by atoms with E-state index in [0.29, 0.717) is 0 Å². The van der Waals surface area contributed by atoms with Crippen LogP contribution in [0, 0.1) is 0 Å². The fourth-order valence-electron chi connectivity index (χ4n) is 1.32. The molecule has 0 saturated heterocycles. The number of likely N-dealkylation sites (N-methyl/N-ethyl adjacent to an activating group) is 1. The molecule has 0 aliphatic heterocycles. The Labute approximate surface area is 111 Å². The van der Waals surface area contributed by atoms with Gasteiger partial charge in [-0.1, -0.05) is 29.3 Å². The van der Waals surface area contributed by atoms with Crippen molar-refractivity contribution in [1.82, 2.24) is 4.31 Å². The molecule has 1 aromatic carbocycles. The topological polar surface area (TPSA) is 57.6 Å². The van der Waals surface area contributed by atoms with Gasteiger partial charge in [-0.25, -0.2) is 8.42 Å². The first-order valence-electron chi connectivity index (χ1n) is 4.85. The van der Waals surface area contributed by atoms with Crippen LogP contribution in [0.5, 0.6) is 0 Å². The number of rotatable bonds is 4. The normalized spacial score (nSPS) is 14.0. The lowest BCUT2D eigenvalue weighted by molar-refractivity contribution is 0.171. The molecule has 0 spiro atoms. The molecule has 0 amide bonds. The van der Waals surface area contributed by atoms with Gasteiger partial charge in [0.2, 0.25) is 10.0 Å². The first kappa shape index (κ1) is 14.7. The van der Waals surface area contributed by atoms with E-state index >= 15 is 0 Å². The summed E-state index contributed by atoms with van der Waals surface area (Å²) in [5.41, 5.74) is 0. The molecule has 0 aromatic heterocycles. The molecular weight excluding hydrogens is 285 g/mol. The highest BCUT2D eigenvalue weighted by molar-refractivity contribution is 7.89. The van der Waals surface area contributed by atoms with Crippen LogP contribution in [0.15, 0.2) is 23.1 Å². The Bertz CT molecular complexity index is 502. The van der Waals surface area contributed by atoms with Crippen LogP contribution in [-0.4, -0.2) is 37.5 Å². The third-order valence-electron chi connectivity index (χ3n) is 2.13. The van der Waals surface area contributed by atoms with E-state index in [2.05, 4.69) is 0 Å². The number of sulfonamides is 1. The molecule has 0 bridgehead atoms. The van der Waals surface area contributed by atoms with Gasteiger partial charge in [-0.05, 0) is 19.1 Å². The SMILES string of the molecule is CC(O)CN(C)S(=O)(=O)c1cccc(Cl)c1Cl. The molecule has 0 radical (unpaired) electrons. The third-order valence-corrected chi connectivity index (χ3v) is 4.92. The molecule has 0 heterocycles. The molecule has 7 heteroatoms. The summed E-state index contributed by atoms with van der Waals surface area (Å²) >= 11 is 11.6. The molecule has 1 rings (SSSR count). The lowest BCUT2D eigenvalue weighted by Crippen LogP contribution is -2.33. The Morgan fingerprint density at radius 2 is 2.00 bits per heavy atom. The maximum atomic E-state index is 12.1. The predicted molar refractivity (Wildman–Crippen MR) is 68.0 cm³/mol. The summed E-state index contributed by atoms with van der Waals surface area (Å²) in [6.07, 6.45) is -0.757. The Morgan fingerprint density at radius 3 is 2.53 bits per heavy atom. The lowest BCUT2D eigenvalue weighted by atomic mass is 10.4. The van der Waals surface area contributed by atoms with E-state index in [1.807, 2.05) is 0 Å². The molecule has 1 atom stereocenters. The van der Waals surface area contributed by atoms with Gasteiger partial charge >= 0.3 is 0 Å². The molecule has 1 N–H and O–H groups in total. The van der Waals surface area contributed by atoms with Crippen LogP contribution < -0.4 is 0 Å². The van der Waals surface area contributed by atoms with Gasteiger partial charge < -0.3 is 5.11 Å². The van der Waals surface area contributed by atoms with Gasteiger partial charge in [0.1, 0.15) is 4.90 Å². The van der Waals surface area contributed by atoms with Crippen LogP contribution in [0.2, 0.25) is 10.0 Å². The van der Waals surface area contributed by atoms with E-state index < -0.39 is 16.1 Å². The quantitative estimate of drug-likeness (QED) is 0.925. The Kier molecular flexibility index (Phi) is 4.80. The molecule has 0 aliphatic rings. The zero-order valence-corrected chi connectivity index (χ0v) is 11.7. The summed E-state index contributed by atoms with van der Waals surface area (Å²) < 4.78 is 25.3. The van der Waals surface area contributed by atoms with Crippen LogP contribution in [0.3, 0.4) is 0 Å². The van der Waals surface area contributed by atoms with E-state index in [1.165, 1.54) is 32.2 Å². The highest BCUT2D eigenvalue weighted by Crippen LogP contribution is 2.30. The highest BCUT2D eigenvalue weighted by Gasteiger charge is 2.25. The summed E-state index contributed by atoms with van der Waals surface area (Å²) in [5, 5.41) is 9.36. The molecule has 0 saturated carbocycles. The van der Waals surface area contributed by atoms with E-state index in [4.69, 9.17) is 23.2 Å². The number of aliphatic hydroxyl groups excluding tert-OH is 1. The fourth-order valence-corrected chi connectivity index (χ4v) is 3.31. The van der Waals surface area contributed by atoms with Crippen molar-refractivity contribution in [2.75, 3.05) is 13.6 Å².